The molecule has 1 aliphatic rings. The van der Waals surface area contributed by atoms with Gasteiger partial charge in [-0.15, -0.1) is 0 Å². The number of fused-ring (bicyclic) bond motifs is 1. The topological polar surface area (TPSA) is 94.5 Å². The van der Waals surface area contributed by atoms with Crippen molar-refractivity contribution >= 4 is 0 Å². The monoisotopic (exact) mass is 297 g/mol. The van der Waals surface area contributed by atoms with E-state index < -0.39 is 0 Å². The molecule has 8 heteroatoms. The van der Waals surface area contributed by atoms with E-state index in [2.05, 4.69) is 30.5 Å². The quantitative estimate of drug-likeness (QED) is 0.762. The van der Waals surface area contributed by atoms with Crippen LogP contribution in [-0.4, -0.2) is 35.9 Å². The fraction of sp³-hybridized carbons (Fsp3) is 0.357. The van der Waals surface area contributed by atoms with Gasteiger partial charge in [0.1, 0.15) is 12.2 Å². The highest BCUT2D eigenvalue weighted by atomic mass is 16.5. The van der Waals surface area contributed by atoms with Crippen molar-refractivity contribution in [3.05, 3.63) is 42.6 Å². The van der Waals surface area contributed by atoms with E-state index >= 15 is 0 Å². The lowest BCUT2D eigenvalue weighted by Crippen LogP contribution is -2.37. The Hall–Kier alpha value is -2.61. The summed E-state index contributed by atoms with van der Waals surface area (Å²) in [4.78, 5) is 12.7. The smallest absolute Gasteiger partial charge is 0.240 e. The molecule has 0 amide bonds. The molecule has 3 aromatic heterocycles. The number of hydrogen-bond acceptors (Lipinski definition) is 7. The fourth-order valence-electron chi connectivity index (χ4n) is 2.57. The van der Waals surface area contributed by atoms with Gasteiger partial charge in [0, 0.05) is 30.4 Å². The Balaban J connectivity index is 1.38. The van der Waals surface area contributed by atoms with Crippen LogP contribution in [0.2, 0.25) is 0 Å². The molecule has 8 nitrogen and oxygen atoms in total. The van der Waals surface area contributed by atoms with Crippen LogP contribution in [-0.2, 0) is 19.5 Å². The lowest BCUT2D eigenvalue weighted by molar-refractivity contribution is 0.320. The van der Waals surface area contributed by atoms with Gasteiger partial charge in [0.05, 0.1) is 13.1 Å². The van der Waals surface area contributed by atoms with Gasteiger partial charge in [0.2, 0.25) is 11.7 Å². The van der Waals surface area contributed by atoms with Crippen LogP contribution in [0.3, 0.4) is 0 Å². The number of hydrogen-bond donors (Lipinski definition) is 1. The zero-order valence-corrected chi connectivity index (χ0v) is 11.9. The van der Waals surface area contributed by atoms with Crippen molar-refractivity contribution in [1.82, 2.24) is 35.2 Å². The predicted octanol–water partition coefficient (Wildman–Crippen LogP) is 0.828. The largest absolute Gasteiger partial charge is 0.338 e. The molecule has 0 fully saturated rings. The zero-order valence-electron chi connectivity index (χ0n) is 11.9. The van der Waals surface area contributed by atoms with E-state index in [0.29, 0.717) is 24.3 Å². The maximum Gasteiger partial charge on any atom is 0.240 e. The van der Waals surface area contributed by atoms with E-state index in [-0.39, 0.29) is 0 Å². The van der Waals surface area contributed by atoms with E-state index in [1.54, 1.807) is 18.7 Å². The molecule has 0 radical (unpaired) electrons. The Morgan fingerprint density at radius 2 is 2.41 bits per heavy atom. The lowest BCUT2D eigenvalue weighted by Gasteiger charge is -2.22. The lowest BCUT2D eigenvalue weighted by atomic mass is 10.1. The third kappa shape index (κ3) is 2.60. The molecule has 0 saturated carbocycles. The Bertz CT molecular complexity index is 751. The predicted molar refractivity (Wildman–Crippen MR) is 76.5 cm³/mol. The Labute approximate surface area is 126 Å². The number of nitrogens with zero attached hydrogens (tertiary/aromatic N) is 6. The first-order valence-corrected chi connectivity index (χ1v) is 7.21. The maximum atomic E-state index is 5.28. The van der Waals surface area contributed by atoms with Crippen LogP contribution in [0.4, 0.5) is 0 Å². The van der Waals surface area contributed by atoms with Crippen molar-refractivity contribution in [1.29, 1.82) is 0 Å². The van der Waals surface area contributed by atoms with Crippen LogP contribution in [0.5, 0.6) is 0 Å². The van der Waals surface area contributed by atoms with E-state index in [4.69, 9.17) is 4.52 Å². The van der Waals surface area contributed by atoms with Gasteiger partial charge in [0.25, 0.3) is 0 Å². The van der Waals surface area contributed by atoms with Gasteiger partial charge in [-0.25, -0.2) is 9.67 Å². The summed E-state index contributed by atoms with van der Waals surface area (Å²) in [6.45, 7) is 1.36. The molecule has 0 bridgehead atoms. The standard InChI is InChI=1S/C14H15N7O/c1-2-10(6-15-5-1)14-19-13(22-20-14)7-16-11-3-4-12-17-9-18-21(12)8-11/h1-2,5-6,9,11,16H,3-4,7-8H2/t11-/m0/s1. The average molecular weight is 297 g/mol. The molecule has 0 aliphatic carbocycles. The minimum absolute atomic E-state index is 0.336. The van der Waals surface area contributed by atoms with Crippen LogP contribution >= 0.6 is 0 Å². The highest BCUT2D eigenvalue weighted by Gasteiger charge is 2.20. The van der Waals surface area contributed by atoms with Crippen molar-refractivity contribution in [2.24, 2.45) is 0 Å². The second-order valence-electron chi connectivity index (χ2n) is 5.23. The minimum atomic E-state index is 0.336. The van der Waals surface area contributed by atoms with Crippen LogP contribution in [0.15, 0.2) is 35.4 Å². The van der Waals surface area contributed by atoms with E-state index in [1.807, 2.05) is 16.8 Å². The highest BCUT2D eigenvalue weighted by molar-refractivity contribution is 5.51. The highest BCUT2D eigenvalue weighted by Crippen LogP contribution is 2.15. The van der Waals surface area contributed by atoms with Crippen molar-refractivity contribution in [3.8, 4) is 11.4 Å². The van der Waals surface area contributed by atoms with Crippen LogP contribution in [0.25, 0.3) is 11.4 Å². The number of aromatic nitrogens is 6. The second kappa shape index (κ2) is 5.64. The Morgan fingerprint density at radius 1 is 1.41 bits per heavy atom. The summed E-state index contributed by atoms with van der Waals surface area (Å²) in [6, 6.07) is 4.09. The number of aryl methyl sites for hydroxylation is 1. The third-order valence-corrected chi connectivity index (χ3v) is 3.74. The van der Waals surface area contributed by atoms with Gasteiger partial charge in [-0.05, 0) is 18.6 Å². The van der Waals surface area contributed by atoms with Crippen molar-refractivity contribution in [3.63, 3.8) is 0 Å². The third-order valence-electron chi connectivity index (χ3n) is 3.74. The minimum Gasteiger partial charge on any atom is -0.338 e. The summed E-state index contributed by atoms with van der Waals surface area (Å²) in [6.07, 6.45) is 7.00. The molecule has 1 atom stereocenters. The van der Waals surface area contributed by atoms with Gasteiger partial charge in [0.15, 0.2) is 0 Å². The van der Waals surface area contributed by atoms with Gasteiger partial charge >= 0.3 is 0 Å². The summed E-state index contributed by atoms with van der Waals surface area (Å²) < 4.78 is 7.22. The van der Waals surface area contributed by atoms with E-state index in [9.17, 15) is 0 Å². The Kier molecular flexibility index (Phi) is 3.36. The molecule has 1 aliphatic heterocycles. The first-order valence-electron chi connectivity index (χ1n) is 7.21. The molecule has 0 spiro atoms. The fourth-order valence-corrected chi connectivity index (χ4v) is 2.57. The molecule has 0 aromatic carbocycles. The summed E-state index contributed by atoms with van der Waals surface area (Å²) in [7, 11) is 0. The summed E-state index contributed by atoms with van der Waals surface area (Å²) in [5.74, 6) is 2.19. The van der Waals surface area contributed by atoms with Crippen molar-refractivity contribution < 1.29 is 4.52 Å². The summed E-state index contributed by atoms with van der Waals surface area (Å²) in [5.41, 5.74) is 0.849. The SMILES string of the molecule is c1cncc(-c2noc(CN[C@H]3CCc4ncnn4C3)n2)c1. The first kappa shape index (κ1) is 13.1. The molecule has 0 unspecified atom stereocenters. The number of pyridine rings is 1. The molecular formula is C14H15N7O. The summed E-state index contributed by atoms with van der Waals surface area (Å²) >= 11 is 0. The molecule has 4 heterocycles. The van der Waals surface area contributed by atoms with Crippen molar-refractivity contribution in [2.75, 3.05) is 0 Å². The summed E-state index contributed by atoms with van der Waals surface area (Å²) in [5, 5.41) is 11.6. The molecule has 22 heavy (non-hydrogen) atoms. The molecular weight excluding hydrogens is 282 g/mol. The number of nitrogens with one attached hydrogen (secondary N) is 1. The van der Waals surface area contributed by atoms with Crippen LogP contribution < -0.4 is 5.32 Å². The normalized spacial score (nSPS) is 17.4. The molecule has 4 rings (SSSR count). The molecule has 112 valence electrons. The van der Waals surface area contributed by atoms with Gasteiger partial charge in [-0.2, -0.15) is 10.1 Å². The van der Waals surface area contributed by atoms with Gasteiger partial charge in [-0.1, -0.05) is 5.16 Å². The zero-order chi connectivity index (χ0) is 14.8. The molecule has 0 saturated heterocycles. The average Bonchev–Trinajstić information content (AvgIpc) is 3.22. The molecule has 1 N–H and O–H groups in total. The van der Waals surface area contributed by atoms with Crippen LogP contribution in [0.1, 0.15) is 18.1 Å². The Morgan fingerprint density at radius 3 is 3.32 bits per heavy atom. The van der Waals surface area contributed by atoms with Crippen molar-refractivity contribution in [2.45, 2.75) is 32.0 Å². The van der Waals surface area contributed by atoms with Gasteiger partial charge in [-0.3, -0.25) is 4.98 Å². The number of rotatable bonds is 4. The second-order valence-corrected chi connectivity index (χ2v) is 5.23. The van der Waals surface area contributed by atoms with Crippen LogP contribution in [0, 0.1) is 0 Å². The first-order chi connectivity index (χ1) is 10.9. The van der Waals surface area contributed by atoms with Gasteiger partial charge < -0.3 is 9.84 Å². The van der Waals surface area contributed by atoms with E-state index in [0.717, 1.165) is 30.8 Å². The maximum absolute atomic E-state index is 5.28. The van der Waals surface area contributed by atoms with E-state index in [1.165, 1.54) is 0 Å². The molecule has 3 aromatic rings.